The minimum absolute atomic E-state index is 0.302. The summed E-state index contributed by atoms with van der Waals surface area (Å²) < 4.78 is 0. The molecule has 0 bridgehead atoms. The van der Waals surface area contributed by atoms with Crippen molar-refractivity contribution in [2.24, 2.45) is 5.41 Å². The predicted octanol–water partition coefficient (Wildman–Crippen LogP) is 6.25. The number of rotatable bonds is 4. The van der Waals surface area contributed by atoms with Gasteiger partial charge in [-0.25, -0.2) is 0 Å². The summed E-state index contributed by atoms with van der Waals surface area (Å²) in [5, 5.41) is 0. The first-order valence-corrected chi connectivity index (χ1v) is 8.84. The molecule has 0 N–H and O–H groups in total. The van der Waals surface area contributed by atoms with Crippen molar-refractivity contribution in [1.29, 1.82) is 0 Å². The monoisotopic (exact) mass is 310 g/mol. The smallest absolute Gasteiger partial charge is 0.143 e. The summed E-state index contributed by atoms with van der Waals surface area (Å²) in [5.74, 6) is 0. The van der Waals surface area contributed by atoms with Crippen LogP contribution in [0.5, 0.6) is 0 Å². The third-order valence-electron chi connectivity index (χ3n) is 5.05. The molecule has 0 aromatic heterocycles. The normalized spacial score (nSPS) is 24.3. The maximum absolute atomic E-state index is 10.6. The Morgan fingerprint density at radius 2 is 1.91 bits per heavy atom. The van der Waals surface area contributed by atoms with Crippen LogP contribution in [0.25, 0.3) is 0 Å². The lowest BCUT2D eigenvalue weighted by atomic mass is 9.72. The molecular weight excluding hydrogens is 280 g/mol. The highest BCUT2D eigenvalue weighted by Gasteiger charge is 2.26. The first-order valence-electron chi connectivity index (χ1n) is 8.84. The molecule has 23 heavy (non-hydrogen) atoms. The molecule has 0 amide bonds. The van der Waals surface area contributed by atoms with Gasteiger partial charge in [0.15, 0.2) is 0 Å². The average Bonchev–Trinajstić information content (AvgIpc) is 2.46. The van der Waals surface area contributed by atoms with E-state index in [-0.39, 0.29) is 0 Å². The summed E-state index contributed by atoms with van der Waals surface area (Å²) >= 11 is 0. The van der Waals surface area contributed by atoms with Crippen molar-refractivity contribution < 1.29 is 4.79 Å². The standard InChI is InChI=1S/C22H30O/c1-17(12-14-23)15-20-9-5-8-19(16-20)10-11-21-18(2)7-6-13-22(21,3)4/h10-12,14-16H,5-9,13H2,1-4H3/b11-10+,17-12+,20-15-. The second-order valence-electron chi connectivity index (χ2n) is 7.60. The SMILES string of the molecule is CC1=C(/C=C/C2=CC(=C\C(C)=C\C=O)/CCC2)C(C)(C)CCC1. The Bertz CT molecular complexity index is 606. The van der Waals surface area contributed by atoms with Crippen molar-refractivity contribution in [3.8, 4) is 0 Å². The van der Waals surface area contributed by atoms with Crippen LogP contribution in [0.15, 0.2) is 58.2 Å². The highest BCUT2D eigenvalue weighted by atomic mass is 16.1. The highest BCUT2D eigenvalue weighted by Crippen LogP contribution is 2.41. The molecule has 0 spiro atoms. The van der Waals surface area contributed by atoms with Gasteiger partial charge in [-0.05, 0) is 86.2 Å². The Balaban J connectivity index is 2.20. The van der Waals surface area contributed by atoms with E-state index in [9.17, 15) is 4.79 Å². The Morgan fingerprint density at radius 3 is 2.61 bits per heavy atom. The van der Waals surface area contributed by atoms with Gasteiger partial charge in [-0.3, -0.25) is 4.79 Å². The molecular formula is C22H30O. The third kappa shape index (κ3) is 4.92. The van der Waals surface area contributed by atoms with Crippen molar-refractivity contribution >= 4 is 6.29 Å². The minimum Gasteiger partial charge on any atom is -0.299 e. The van der Waals surface area contributed by atoms with Gasteiger partial charge in [0.2, 0.25) is 0 Å². The first kappa shape index (κ1) is 17.7. The maximum Gasteiger partial charge on any atom is 0.143 e. The molecule has 0 atom stereocenters. The lowest BCUT2D eigenvalue weighted by Crippen LogP contribution is -2.19. The van der Waals surface area contributed by atoms with Crippen LogP contribution in [0, 0.1) is 5.41 Å². The average molecular weight is 310 g/mol. The molecule has 0 unspecified atom stereocenters. The molecule has 2 aliphatic carbocycles. The van der Waals surface area contributed by atoms with Gasteiger partial charge in [-0.1, -0.05) is 43.7 Å². The van der Waals surface area contributed by atoms with E-state index >= 15 is 0 Å². The summed E-state index contributed by atoms with van der Waals surface area (Å²) in [5.41, 5.74) is 7.15. The number of aldehydes is 1. The number of hydrogen-bond acceptors (Lipinski definition) is 1. The molecule has 0 radical (unpaired) electrons. The second-order valence-corrected chi connectivity index (χ2v) is 7.60. The van der Waals surface area contributed by atoms with Gasteiger partial charge in [0, 0.05) is 0 Å². The summed E-state index contributed by atoms with van der Waals surface area (Å²) in [7, 11) is 0. The van der Waals surface area contributed by atoms with E-state index in [0.717, 1.165) is 24.7 Å². The van der Waals surface area contributed by atoms with Crippen molar-refractivity contribution in [2.75, 3.05) is 0 Å². The fraction of sp³-hybridized carbons (Fsp3) is 0.500. The second kappa shape index (κ2) is 7.77. The maximum atomic E-state index is 10.6. The fourth-order valence-electron chi connectivity index (χ4n) is 3.77. The molecule has 1 heteroatoms. The summed E-state index contributed by atoms with van der Waals surface area (Å²) in [6.07, 6.45) is 18.9. The number of allylic oxidation sites excluding steroid dienone is 10. The molecule has 2 aliphatic rings. The van der Waals surface area contributed by atoms with Crippen molar-refractivity contribution in [3.63, 3.8) is 0 Å². The highest BCUT2D eigenvalue weighted by molar-refractivity contribution is 5.67. The predicted molar refractivity (Wildman–Crippen MR) is 99.3 cm³/mol. The van der Waals surface area contributed by atoms with Crippen molar-refractivity contribution in [2.45, 2.75) is 66.2 Å². The van der Waals surface area contributed by atoms with Crippen LogP contribution in [0.3, 0.4) is 0 Å². The first-order chi connectivity index (χ1) is 10.9. The molecule has 0 aliphatic heterocycles. The summed E-state index contributed by atoms with van der Waals surface area (Å²) in [6.45, 7) is 9.00. The molecule has 1 nitrogen and oxygen atoms in total. The van der Waals surface area contributed by atoms with E-state index in [1.165, 1.54) is 42.4 Å². The van der Waals surface area contributed by atoms with E-state index in [1.54, 1.807) is 11.6 Å². The Kier molecular flexibility index (Phi) is 5.98. The van der Waals surface area contributed by atoms with Crippen molar-refractivity contribution in [1.82, 2.24) is 0 Å². The van der Waals surface area contributed by atoms with E-state index in [2.05, 4.69) is 45.1 Å². The van der Waals surface area contributed by atoms with Crippen LogP contribution < -0.4 is 0 Å². The number of carbonyl (C=O) groups is 1. The fourth-order valence-corrected chi connectivity index (χ4v) is 3.77. The van der Waals surface area contributed by atoms with Gasteiger partial charge in [0.05, 0.1) is 0 Å². The summed E-state index contributed by atoms with van der Waals surface area (Å²) in [6, 6.07) is 0. The van der Waals surface area contributed by atoms with E-state index in [0.29, 0.717) is 5.41 Å². The Labute approximate surface area is 141 Å². The van der Waals surface area contributed by atoms with Gasteiger partial charge in [0.1, 0.15) is 6.29 Å². The molecule has 124 valence electrons. The van der Waals surface area contributed by atoms with Crippen LogP contribution >= 0.6 is 0 Å². The molecule has 0 saturated carbocycles. The van der Waals surface area contributed by atoms with Gasteiger partial charge in [-0.2, -0.15) is 0 Å². The third-order valence-corrected chi connectivity index (χ3v) is 5.05. The quantitative estimate of drug-likeness (QED) is 0.443. The summed E-state index contributed by atoms with van der Waals surface area (Å²) in [4.78, 5) is 10.6. The molecule has 0 aromatic carbocycles. The lowest BCUT2D eigenvalue weighted by Gasteiger charge is -2.33. The Hall–Kier alpha value is -1.63. The Morgan fingerprint density at radius 1 is 1.13 bits per heavy atom. The largest absolute Gasteiger partial charge is 0.299 e. The molecule has 0 saturated heterocycles. The zero-order valence-corrected chi connectivity index (χ0v) is 15.1. The topological polar surface area (TPSA) is 17.1 Å². The van der Waals surface area contributed by atoms with Crippen LogP contribution in [0.4, 0.5) is 0 Å². The lowest BCUT2D eigenvalue weighted by molar-refractivity contribution is -0.104. The van der Waals surface area contributed by atoms with Gasteiger partial charge in [0.25, 0.3) is 0 Å². The van der Waals surface area contributed by atoms with Gasteiger partial charge in [-0.15, -0.1) is 0 Å². The molecule has 0 heterocycles. The molecule has 0 fully saturated rings. The van der Waals surface area contributed by atoms with Crippen LogP contribution in [-0.4, -0.2) is 6.29 Å². The number of hydrogen-bond donors (Lipinski definition) is 0. The zero-order chi connectivity index (χ0) is 16.9. The zero-order valence-electron chi connectivity index (χ0n) is 15.1. The van der Waals surface area contributed by atoms with Crippen LogP contribution in [0.1, 0.15) is 66.2 Å². The van der Waals surface area contributed by atoms with E-state index in [1.807, 2.05) is 6.92 Å². The molecule has 0 aromatic rings. The van der Waals surface area contributed by atoms with E-state index < -0.39 is 0 Å². The van der Waals surface area contributed by atoms with Crippen LogP contribution in [0.2, 0.25) is 0 Å². The minimum atomic E-state index is 0.302. The van der Waals surface area contributed by atoms with Gasteiger partial charge >= 0.3 is 0 Å². The van der Waals surface area contributed by atoms with Gasteiger partial charge < -0.3 is 0 Å². The van der Waals surface area contributed by atoms with E-state index in [4.69, 9.17) is 0 Å². The molecule has 2 rings (SSSR count). The van der Waals surface area contributed by atoms with Crippen molar-refractivity contribution in [3.05, 3.63) is 58.2 Å². The number of carbonyl (C=O) groups excluding carboxylic acids is 1. The van der Waals surface area contributed by atoms with Crippen LogP contribution in [-0.2, 0) is 4.79 Å².